The van der Waals surface area contributed by atoms with Gasteiger partial charge in [0.05, 0.1) is 5.92 Å². The van der Waals surface area contributed by atoms with Gasteiger partial charge in [-0.05, 0) is 37.0 Å². The van der Waals surface area contributed by atoms with Crippen molar-refractivity contribution in [3.8, 4) is 0 Å². The van der Waals surface area contributed by atoms with Gasteiger partial charge in [-0.3, -0.25) is 14.6 Å². The molecule has 0 radical (unpaired) electrons. The average Bonchev–Trinajstić information content (AvgIpc) is 3.21. The lowest BCUT2D eigenvalue weighted by Crippen LogP contribution is -2.45. The first kappa shape index (κ1) is 20.3. The van der Waals surface area contributed by atoms with Crippen LogP contribution >= 0.6 is 11.3 Å². The molecule has 1 atom stereocenters. The molecule has 1 saturated heterocycles. The van der Waals surface area contributed by atoms with E-state index in [0.717, 1.165) is 42.9 Å². The molecule has 1 aliphatic rings. The standard InChI is InChI=1S/C20H27N5O2S/c1-2-3-8-22-20-24-17(14-28-20)19(27)25-11-4-5-16(13-25)18(26)23-12-15-6-9-21-10-7-15/h6-7,9-10,14,16H,2-5,8,11-13H2,1H3,(H,22,24)(H,23,26). The number of hydrogen-bond donors (Lipinski definition) is 2. The van der Waals surface area contributed by atoms with Crippen LogP contribution in [0.1, 0.15) is 48.7 Å². The Bertz CT molecular complexity index is 780. The number of amides is 2. The fourth-order valence-corrected chi connectivity index (χ4v) is 3.91. The van der Waals surface area contributed by atoms with Gasteiger partial charge >= 0.3 is 0 Å². The third-order valence-corrected chi connectivity index (χ3v) is 5.63. The quantitative estimate of drug-likeness (QED) is 0.664. The molecule has 1 fully saturated rings. The van der Waals surface area contributed by atoms with E-state index < -0.39 is 0 Å². The first-order valence-electron chi connectivity index (χ1n) is 9.82. The van der Waals surface area contributed by atoms with Crippen LogP contribution in [-0.4, -0.2) is 46.3 Å². The number of carbonyl (C=O) groups excluding carboxylic acids is 2. The normalized spacial score (nSPS) is 16.6. The van der Waals surface area contributed by atoms with Crippen LogP contribution in [0.4, 0.5) is 5.13 Å². The van der Waals surface area contributed by atoms with Gasteiger partial charge < -0.3 is 15.5 Å². The molecule has 2 amide bonds. The van der Waals surface area contributed by atoms with E-state index in [1.165, 1.54) is 11.3 Å². The lowest BCUT2D eigenvalue weighted by atomic mass is 9.97. The summed E-state index contributed by atoms with van der Waals surface area (Å²) in [6, 6.07) is 3.76. The first-order chi connectivity index (χ1) is 13.7. The van der Waals surface area contributed by atoms with E-state index in [1.54, 1.807) is 22.7 Å². The molecule has 2 N–H and O–H groups in total. The predicted octanol–water partition coefficient (Wildman–Crippen LogP) is 2.92. The number of carbonyl (C=O) groups is 2. The molecule has 0 saturated carbocycles. The molecule has 2 aromatic rings. The number of piperidine rings is 1. The maximum atomic E-state index is 12.8. The first-order valence-corrected chi connectivity index (χ1v) is 10.7. The molecule has 0 spiro atoms. The molecule has 0 aliphatic carbocycles. The molecule has 0 bridgehead atoms. The smallest absolute Gasteiger partial charge is 0.273 e. The molecule has 3 rings (SSSR count). The summed E-state index contributed by atoms with van der Waals surface area (Å²) in [5, 5.41) is 8.80. The number of likely N-dealkylation sites (tertiary alicyclic amines) is 1. The molecule has 2 aromatic heterocycles. The van der Waals surface area contributed by atoms with Crippen LogP contribution in [0.25, 0.3) is 0 Å². The fraction of sp³-hybridized carbons (Fsp3) is 0.500. The molecule has 28 heavy (non-hydrogen) atoms. The minimum atomic E-state index is -0.180. The molecular weight excluding hydrogens is 374 g/mol. The van der Waals surface area contributed by atoms with E-state index in [4.69, 9.17) is 0 Å². The lowest BCUT2D eigenvalue weighted by molar-refractivity contribution is -0.126. The van der Waals surface area contributed by atoms with Crippen LogP contribution in [0.3, 0.4) is 0 Å². The van der Waals surface area contributed by atoms with Gasteiger partial charge in [-0.15, -0.1) is 11.3 Å². The van der Waals surface area contributed by atoms with Crippen molar-refractivity contribution in [2.24, 2.45) is 5.92 Å². The van der Waals surface area contributed by atoms with Crippen molar-refractivity contribution >= 4 is 28.3 Å². The number of aromatic nitrogens is 2. The van der Waals surface area contributed by atoms with Gasteiger partial charge in [0.2, 0.25) is 5.91 Å². The maximum Gasteiger partial charge on any atom is 0.273 e. The van der Waals surface area contributed by atoms with Gasteiger partial charge in [0, 0.05) is 44.0 Å². The zero-order valence-electron chi connectivity index (χ0n) is 16.2. The summed E-state index contributed by atoms with van der Waals surface area (Å²) < 4.78 is 0. The van der Waals surface area contributed by atoms with Crippen molar-refractivity contribution in [1.29, 1.82) is 0 Å². The summed E-state index contributed by atoms with van der Waals surface area (Å²) in [7, 11) is 0. The Morgan fingerprint density at radius 1 is 1.32 bits per heavy atom. The Labute approximate surface area is 169 Å². The Kier molecular flexibility index (Phi) is 7.36. The Balaban J connectivity index is 1.52. The average molecular weight is 402 g/mol. The molecule has 1 aliphatic heterocycles. The van der Waals surface area contributed by atoms with E-state index >= 15 is 0 Å². The maximum absolute atomic E-state index is 12.8. The zero-order chi connectivity index (χ0) is 19.8. The highest BCUT2D eigenvalue weighted by Crippen LogP contribution is 2.21. The fourth-order valence-electron chi connectivity index (χ4n) is 3.20. The van der Waals surface area contributed by atoms with Crippen molar-refractivity contribution < 1.29 is 9.59 Å². The monoisotopic (exact) mass is 401 g/mol. The van der Waals surface area contributed by atoms with Crippen molar-refractivity contribution in [1.82, 2.24) is 20.2 Å². The number of nitrogens with one attached hydrogen (secondary N) is 2. The Morgan fingerprint density at radius 2 is 2.14 bits per heavy atom. The van der Waals surface area contributed by atoms with Crippen LogP contribution in [0, 0.1) is 5.92 Å². The molecule has 150 valence electrons. The second-order valence-corrected chi connectivity index (χ2v) is 7.84. The van der Waals surface area contributed by atoms with Gasteiger partial charge in [-0.25, -0.2) is 4.98 Å². The third-order valence-electron chi connectivity index (χ3n) is 4.83. The highest BCUT2D eigenvalue weighted by Gasteiger charge is 2.29. The number of unbranched alkanes of at least 4 members (excludes halogenated alkanes) is 1. The number of hydrogen-bond acceptors (Lipinski definition) is 6. The molecule has 7 nitrogen and oxygen atoms in total. The van der Waals surface area contributed by atoms with E-state index in [0.29, 0.717) is 25.3 Å². The number of pyridine rings is 1. The van der Waals surface area contributed by atoms with Gasteiger partial charge in [0.15, 0.2) is 5.13 Å². The summed E-state index contributed by atoms with van der Waals surface area (Å²) >= 11 is 1.45. The summed E-state index contributed by atoms with van der Waals surface area (Å²) in [6.45, 7) is 4.59. The van der Waals surface area contributed by atoms with E-state index in [9.17, 15) is 9.59 Å². The predicted molar refractivity (Wildman–Crippen MR) is 110 cm³/mol. The number of thiazole rings is 1. The van der Waals surface area contributed by atoms with Gasteiger partial charge in [0.1, 0.15) is 5.69 Å². The van der Waals surface area contributed by atoms with Gasteiger partial charge in [-0.1, -0.05) is 13.3 Å². The number of nitrogens with zero attached hydrogens (tertiary/aromatic N) is 3. The second-order valence-electron chi connectivity index (χ2n) is 6.98. The van der Waals surface area contributed by atoms with Crippen LogP contribution in [-0.2, 0) is 11.3 Å². The van der Waals surface area contributed by atoms with E-state index in [-0.39, 0.29) is 17.7 Å². The van der Waals surface area contributed by atoms with Crippen LogP contribution in [0.15, 0.2) is 29.9 Å². The highest BCUT2D eigenvalue weighted by atomic mass is 32.1. The SMILES string of the molecule is CCCCNc1nc(C(=O)N2CCCC(C(=O)NCc3ccncc3)C2)cs1. The largest absolute Gasteiger partial charge is 0.362 e. The topological polar surface area (TPSA) is 87.2 Å². The highest BCUT2D eigenvalue weighted by molar-refractivity contribution is 7.13. The third kappa shape index (κ3) is 5.51. The number of anilines is 1. The summed E-state index contributed by atoms with van der Waals surface area (Å²) in [5.74, 6) is -0.277. The molecule has 8 heteroatoms. The van der Waals surface area contributed by atoms with Crippen molar-refractivity contribution in [2.45, 2.75) is 39.2 Å². The Hall–Kier alpha value is -2.48. The van der Waals surface area contributed by atoms with Gasteiger partial charge in [-0.2, -0.15) is 0 Å². The number of rotatable bonds is 8. The molecule has 3 heterocycles. The minimum Gasteiger partial charge on any atom is -0.362 e. The molecule has 0 aromatic carbocycles. The van der Waals surface area contributed by atoms with Crippen molar-refractivity contribution in [2.75, 3.05) is 25.0 Å². The molecule has 1 unspecified atom stereocenters. The van der Waals surface area contributed by atoms with Gasteiger partial charge in [0.25, 0.3) is 5.91 Å². The lowest BCUT2D eigenvalue weighted by Gasteiger charge is -2.31. The summed E-state index contributed by atoms with van der Waals surface area (Å²) in [5.41, 5.74) is 1.47. The van der Waals surface area contributed by atoms with Crippen LogP contribution < -0.4 is 10.6 Å². The van der Waals surface area contributed by atoms with E-state index in [1.807, 2.05) is 12.1 Å². The van der Waals surface area contributed by atoms with Crippen LogP contribution in [0.5, 0.6) is 0 Å². The van der Waals surface area contributed by atoms with E-state index in [2.05, 4.69) is 27.5 Å². The van der Waals surface area contributed by atoms with Crippen LogP contribution in [0.2, 0.25) is 0 Å². The second kappa shape index (κ2) is 10.2. The van der Waals surface area contributed by atoms with Crippen molar-refractivity contribution in [3.05, 3.63) is 41.2 Å². The summed E-state index contributed by atoms with van der Waals surface area (Å²) in [4.78, 5) is 35.5. The molecular formula is C20H27N5O2S. The zero-order valence-corrected chi connectivity index (χ0v) is 17.0. The van der Waals surface area contributed by atoms with Crippen molar-refractivity contribution in [3.63, 3.8) is 0 Å². The summed E-state index contributed by atoms with van der Waals surface area (Å²) in [6.07, 6.45) is 7.23. The minimum absolute atomic E-state index is 0.00508. The Morgan fingerprint density at radius 3 is 2.93 bits per heavy atom.